The van der Waals surface area contributed by atoms with E-state index < -0.39 is 0 Å². The molecule has 2 aliphatic rings. The van der Waals surface area contributed by atoms with Crippen LogP contribution in [0.15, 0.2) is 35.1 Å². The number of likely N-dealkylation sites (tertiary alicyclic amines) is 1. The molecule has 0 saturated carbocycles. The zero-order valence-electron chi connectivity index (χ0n) is 16.0. The third-order valence-electron chi connectivity index (χ3n) is 6.13. The van der Waals surface area contributed by atoms with Gasteiger partial charge in [0.15, 0.2) is 5.43 Å². The van der Waals surface area contributed by atoms with Crippen LogP contribution in [-0.2, 0) is 0 Å². The molecule has 2 saturated heterocycles. The van der Waals surface area contributed by atoms with Gasteiger partial charge in [0.2, 0.25) is 0 Å². The van der Waals surface area contributed by atoms with Gasteiger partial charge in [0.05, 0.1) is 0 Å². The maximum atomic E-state index is 12.9. The second kappa shape index (κ2) is 7.44. The van der Waals surface area contributed by atoms with Crippen LogP contribution < -0.4 is 16.3 Å². The molecule has 27 heavy (non-hydrogen) atoms. The van der Waals surface area contributed by atoms with Gasteiger partial charge < -0.3 is 9.88 Å². The molecular weight excluding hydrogens is 340 g/mol. The average Bonchev–Trinajstić information content (AvgIpc) is 3.18. The Labute approximate surface area is 159 Å². The number of nitrogens with zero attached hydrogens (tertiary/aromatic N) is 1. The van der Waals surface area contributed by atoms with Crippen molar-refractivity contribution in [3.63, 3.8) is 0 Å². The molecule has 0 aliphatic carbocycles. The summed E-state index contributed by atoms with van der Waals surface area (Å²) < 4.78 is 0. The Balaban J connectivity index is 1.41. The summed E-state index contributed by atoms with van der Waals surface area (Å²) in [5, 5.41) is 0.618. The number of benzene rings is 1. The van der Waals surface area contributed by atoms with Gasteiger partial charge in [-0.1, -0.05) is 26.0 Å². The Morgan fingerprint density at radius 2 is 1.89 bits per heavy atom. The number of hydrogen-bond donors (Lipinski definition) is 3. The molecule has 0 bridgehead atoms. The number of pyridine rings is 1. The summed E-state index contributed by atoms with van der Waals surface area (Å²) in [7, 11) is 0. The lowest BCUT2D eigenvalue weighted by Gasteiger charge is -2.34. The van der Waals surface area contributed by atoms with Crippen molar-refractivity contribution in [1.82, 2.24) is 20.7 Å². The smallest absolute Gasteiger partial charge is 0.270 e. The summed E-state index contributed by atoms with van der Waals surface area (Å²) in [4.78, 5) is 30.2. The molecule has 6 heteroatoms. The van der Waals surface area contributed by atoms with E-state index in [0.717, 1.165) is 32.4 Å². The number of piperidine rings is 1. The van der Waals surface area contributed by atoms with E-state index in [2.05, 4.69) is 29.7 Å². The number of hydrogen-bond acceptors (Lipinski definition) is 4. The van der Waals surface area contributed by atoms with Crippen molar-refractivity contribution in [1.29, 1.82) is 0 Å². The van der Waals surface area contributed by atoms with Crippen molar-refractivity contribution in [2.75, 3.05) is 13.1 Å². The Morgan fingerprint density at radius 1 is 1.15 bits per heavy atom. The molecule has 0 spiro atoms. The van der Waals surface area contributed by atoms with Crippen molar-refractivity contribution >= 4 is 16.8 Å². The number of aromatic nitrogens is 1. The standard InChI is InChI=1S/C21H28N4O2/c1-13(2)17-11-18(24-23-17)14-7-9-25(10-8-14)21(27)19-12-20(26)15-5-3-4-6-16(15)22-19/h3-6,12-14,17-18,23-24H,7-11H2,1-2H3,(H,22,26). The van der Waals surface area contributed by atoms with Crippen LogP contribution in [0.4, 0.5) is 0 Å². The molecule has 6 nitrogen and oxygen atoms in total. The summed E-state index contributed by atoms with van der Waals surface area (Å²) in [6.45, 7) is 5.96. The van der Waals surface area contributed by atoms with Crippen LogP contribution in [-0.4, -0.2) is 41.0 Å². The Hall–Kier alpha value is -2.18. The number of nitrogens with one attached hydrogen (secondary N) is 3. The molecule has 2 aromatic rings. The van der Waals surface area contributed by atoms with Crippen molar-refractivity contribution in [3.05, 3.63) is 46.2 Å². The van der Waals surface area contributed by atoms with Crippen LogP contribution in [0.1, 0.15) is 43.6 Å². The van der Waals surface area contributed by atoms with Crippen LogP contribution in [0.3, 0.4) is 0 Å². The number of fused-ring (bicyclic) bond motifs is 1. The number of carbonyl (C=O) groups is 1. The van der Waals surface area contributed by atoms with Gasteiger partial charge in [-0.25, -0.2) is 0 Å². The van der Waals surface area contributed by atoms with E-state index >= 15 is 0 Å². The SMILES string of the molecule is CC(C)C1CC(C2CCN(C(=O)c3cc(=O)c4ccccc4[nH]3)CC2)NN1. The maximum Gasteiger partial charge on any atom is 0.270 e. The molecule has 1 aromatic heterocycles. The van der Waals surface area contributed by atoms with Crippen LogP contribution in [0, 0.1) is 11.8 Å². The first-order valence-corrected chi connectivity index (χ1v) is 9.95. The predicted octanol–water partition coefficient (Wildman–Crippen LogP) is 2.27. The van der Waals surface area contributed by atoms with E-state index in [-0.39, 0.29) is 11.3 Å². The fraction of sp³-hybridized carbons (Fsp3) is 0.524. The fourth-order valence-electron chi connectivity index (χ4n) is 4.34. The first-order chi connectivity index (χ1) is 13.0. The minimum atomic E-state index is -0.108. The number of rotatable bonds is 3. The van der Waals surface area contributed by atoms with E-state index in [9.17, 15) is 9.59 Å². The van der Waals surface area contributed by atoms with Crippen LogP contribution >= 0.6 is 0 Å². The molecule has 1 amide bonds. The van der Waals surface area contributed by atoms with Gasteiger partial charge in [0.1, 0.15) is 5.69 Å². The van der Waals surface area contributed by atoms with Crippen molar-refractivity contribution in [2.45, 2.75) is 45.2 Å². The van der Waals surface area contributed by atoms with Crippen LogP contribution in [0.2, 0.25) is 0 Å². The molecule has 4 rings (SSSR count). The topological polar surface area (TPSA) is 77.2 Å². The lowest BCUT2D eigenvalue weighted by molar-refractivity contribution is 0.0667. The summed E-state index contributed by atoms with van der Waals surface area (Å²) in [6.07, 6.45) is 3.13. The molecule has 3 heterocycles. The minimum absolute atomic E-state index is 0.0751. The Bertz CT molecular complexity index is 883. The number of aromatic amines is 1. The first-order valence-electron chi connectivity index (χ1n) is 9.95. The van der Waals surface area contributed by atoms with Crippen molar-refractivity contribution in [2.24, 2.45) is 11.8 Å². The second-order valence-electron chi connectivity index (χ2n) is 8.20. The zero-order chi connectivity index (χ0) is 19.0. The van der Waals surface area contributed by atoms with Gasteiger partial charge in [0, 0.05) is 42.1 Å². The average molecular weight is 368 g/mol. The molecule has 2 atom stereocenters. The normalized spacial score (nSPS) is 24.0. The third kappa shape index (κ3) is 3.64. The Morgan fingerprint density at radius 3 is 2.59 bits per heavy atom. The van der Waals surface area contributed by atoms with Crippen LogP contribution in [0.5, 0.6) is 0 Å². The second-order valence-corrected chi connectivity index (χ2v) is 8.20. The molecule has 2 unspecified atom stereocenters. The minimum Gasteiger partial charge on any atom is -0.350 e. The number of amides is 1. The fourth-order valence-corrected chi connectivity index (χ4v) is 4.34. The monoisotopic (exact) mass is 368 g/mol. The molecular formula is C21H28N4O2. The Kier molecular flexibility index (Phi) is 5.02. The lowest BCUT2D eigenvalue weighted by atomic mass is 9.85. The van der Waals surface area contributed by atoms with Gasteiger partial charge in [-0.3, -0.25) is 20.4 Å². The van der Waals surface area contributed by atoms with E-state index in [1.165, 1.54) is 6.07 Å². The lowest BCUT2D eigenvalue weighted by Crippen LogP contribution is -2.45. The molecule has 2 aliphatic heterocycles. The maximum absolute atomic E-state index is 12.9. The molecule has 3 N–H and O–H groups in total. The zero-order valence-corrected chi connectivity index (χ0v) is 16.0. The first kappa shape index (κ1) is 18.2. The molecule has 2 fully saturated rings. The van der Waals surface area contributed by atoms with Gasteiger partial charge in [-0.2, -0.15) is 0 Å². The van der Waals surface area contributed by atoms with E-state index in [0.29, 0.717) is 40.5 Å². The van der Waals surface area contributed by atoms with E-state index in [1.54, 1.807) is 6.07 Å². The summed E-state index contributed by atoms with van der Waals surface area (Å²) in [5.41, 5.74) is 7.87. The number of H-pyrrole nitrogens is 1. The van der Waals surface area contributed by atoms with Gasteiger partial charge >= 0.3 is 0 Å². The van der Waals surface area contributed by atoms with E-state index in [1.807, 2.05) is 23.1 Å². The van der Waals surface area contributed by atoms with Gasteiger partial charge in [-0.15, -0.1) is 0 Å². The summed E-state index contributed by atoms with van der Waals surface area (Å²) in [5.74, 6) is 1.13. The number of hydrazine groups is 1. The number of para-hydroxylation sites is 1. The van der Waals surface area contributed by atoms with Gasteiger partial charge in [-0.05, 0) is 43.2 Å². The molecule has 0 radical (unpaired) electrons. The number of carbonyl (C=O) groups excluding carboxylic acids is 1. The van der Waals surface area contributed by atoms with Crippen LogP contribution in [0.25, 0.3) is 10.9 Å². The summed E-state index contributed by atoms with van der Waals surface area (Å²) >= 11 is 0. The van der Waals surface area contributed by atoms with Crippen molar-refractivity contribution < 1.29 is 4.79 Å². The highest BCUT2D eigenvalue weighted by molar-refractivity contribution is 5.94. The van der Waals surface area contributed by atoms with Crippen molar-refractivity contribution in [3.8, 4) is 0 Å². The van der Waals surface area contributed by atoms with E-state index in [4.69, 9.17) is 0 Å². The highest BCUT2D eigenvalue weighted by Crippen LogP contribution is 2.27. The summed E-state index contributed by atoms with van der Waals surface area (Å²) in [6, 6.07) is 9.76. The largest absolute Gasteiger partial charge is 0.350 e. The molecule has 1 aromatic carbocycles. The molecule has 144 valence electrons. The highest BCUT2D eigenvalue weighted by Gasteiger charge is 2.34. The van der Waals surface area contributed by atoms with Gasteiger partial charge in [0.25, 0.3) is 5.91 Å². The third-order valence-corrected chi connectivity index (χ3v) is 6.13. The quantitative estimate of drug-likeness (QED) is 0.777. The highest BCUT2D eigenvalue weighted by atomic mass is 16.2. The predicted molar refractivity (Wildman–Crippen MR) is 106 cm³/mol.